The summed E-state index contributed by atoms with van der Waals surface area (Å²) in [7, 11) is 0. The van der Waals surface area contributed by atoms with Crippen LogP contribution in [0.2, 0.25) is 0 Å². The van der Waals surface area contributed by atoms with Crippen molar-refractivity contribution in [2.75, 3.05) is 11.1 Å². The molecule has 0 spiro atoms. The number of thioether (sulfide) groups is 1. The highest BCUT2D eigenvalue weighted by atomic mass is 32.2. The summed E-state index contributed by atoms with van der Waals surface area (Å²) in [5.74, 6) is 0.376. The van der Waals surface area contributed by atoms with Crippen LogP contribution in [0.3, 0.4) is 0 Å². The fourth-order valence-electron chi connectivity index (χ4n) is 2.80. The maximum Gasteiger partial charge on any atom is 0.274 e. The van der Waals surface area contributed by atoms with Crippen LogP contribution < -0.4 is 10.6 Å². The Morgan fingerprint density at radius 2 is 1.96 bits per heavy atom. The third kappa shape index (κ3) is 4.03. The molecule has 4 rings (SSSR count). The Bertz CT molecular complexity index is 971. The van der Waals surface area contributed by atoms with E-state index in [1.807, 2.05) is 54.6 Å². The van der Waals surface area contributed by atoms with Gasteiger partial charge in [0.05, 0.1) is 5.69 Å². The number of nitrogens with one attached hydrogen (secondary N) is 2. The second kappa shape index (κ2) is 7.67. The first-order chi connectivity index (χ1) is 13.2. The molecular weight excluding hydrogens is 362 g/mol. The number of para-hydroxylation sites is 1. The lowest BCUT2D eigenvalue weighted by atomic mass is 10.1. The number of rotatable bonds is 4. The summed E-state index contributed by atoms with van der Waals surface area (Å²) in [5, 5.41) is 9.43. The molecule has 2 heterocycles. The Balaban J connectivity index is 1.41. The topological polar surface area (TPSA) is 84.2 Å². The summed E-state index contributed by atoms with van der Waals surface area (Å²) in [6, 6.07) is 18.3. The van der Waals surface area contributed by atoms with Gasteiger partial charge in [-0.25, -0.2) is 0 Å². The molecule has 2 amide bonds. The summed E-state index contributed by atoms with van der Waals surface area (Å²) < 4.78 is 5.26. The number of anilines is 1. The zero-order chi connectivity index (χ0) is 18.6. The number of amides is 2. The molecule has 27 heavy (non-hydrogen) atoms. The highest BCUT2D eigenvalue weighted by Gasteiger charge is 2.26. The van der Waals surface area contributed by atoms with Gasteiger partial charge in [-0.05, 0) is 17.7 Å². The molecule has 0 saturated heterocycles. The number of hydrogen-bond acceptors (Lipinski definition) is 5. The molecule has 0 saturated carbocycles. The summed E-state index contributed by atoms with van der Waals surface area (Å²) in [6.07, 6.45) is 0.552. The molecule has 136 valence electrons. The van der Waals surface area contributed by atoms with E-state index in [2.05, 4.69) is 15.8 Å². The molecule has 1 atom stereocenters. The van der Waals surface area contributed by atoms with Crippen LogP contribution in [0.4, 0.5) is 5.69 Å². The minimum Gasteiger partial charge on any atom is -0.360 e. The maximum atomic E-state index is 12.5. The van der Waals surface area contributed by atoms with Crippen molar-refractivity contribution < 1.29 is 14.1 Å². The van der Waals surface area contributed by atoms with Crippen LogP contribution >= 0.6 is 11.8 Å². The van der Waals surface area contributed by atoms with E-state index in [-0.39, 0.29) is 11.6 Å². The van der Waals surface area contributed by atoms with Crippen molar-refractivity contribution in [3.8, 4) is 0 Å². The third-order valence-corrected chi connectivity index (χ3v) is 5.35. The van der Waals surface area contributed by atoms with Gasteiger partial charge in [0.25, 0.3) is 5.91 Å². The first-order valence-electron chi connectivity index (χ1n) is 8.52. The molecule has 1 aliphatic rings. The Kier molecular flexibility index (Phi) is 4.93. The average Bonchev–Trinajstić information content (AvgIpc) is 3.09. The summed E-state index contributed by atoms with van der Waals surface area (Å²) in [6.45, 7) is 0. The maximum absolute atomic E-state index is 12.5. The SMILES string of the molecule is O=C(NC1CSc2ccccc2NC1=O)c1cc(Cc2ccccc2)on1. The van der Waals surface area contributed by atoms with E-state index in [1.54, 1.807) is 6.07 Å². The highest BCUT2D eigenvalue weighted by molar-refractivity contribution is 7.99. The van der Waals surface area contributed by atoms with Crippen LogP contribution in [0, 0.1) is 0 Å². The van der Waals surface area contributed by atoms with Crippen molar-refractivity contribution in [2.45, 2.75) is 17.4 Å². The van der Waals surface area contributed by atoms with Crippen molar-refractivity contribution in [3.05, 3.63) is 77.7 Å². The molecule has 0 fully saturated rings. The molecule has 2 aromatic carbocycles. The molecule has 1 aliphatic heterocycles. The molecule has 0 radical (unpaired) electrons. The summed E-state index contributed by atoms with van der Waals surface area (Å²) in [4.78, 5) is 25.9. The second-order valence-electron chi connectivity index (χ2n) is 6.16. The van der Waals surface area contributed by atoms with Crippen LogP contribution in [0.25, 0.3) is 0 Å². The average molecular weight is 379 g/mol. The zero-order valence-electron chi connectivity index (χ0n) is 14.3. The van der Waals surface area contributed by atoms with E-state index in [0.717, 1.165) is 16.1 Å². The number of carbonyl (C=O) groups excluding carboxylic acids is 2. The van der Waals surface area contributed by atoms with Crippen molar-refractivity contribution in [1.29, 1.82) is 0 Å². The minimum atomic E-state index is -0.649. The van der Waals surface area contributed by atoms with Crippen LogP contribution in [0.5, 0.6) is 0 Å². The van der Waals surface area contributed by atoms with Crippen molar-refractivity contribution in [3.63, 3.8) is 0 Å². The van der Waals surface area contributed by atoms with Gasteiger partial charge in [-0.15, -0.1) is 11.8 Å². The van der Waals surface area contributed by atoms with Crippen LogP contribution in [0.1, 0.15) is 21.8 Å². The van der Waals surface area contributed by atoms with Crippen molar-refractivity contribution in [1.82, 2.24) is 10.5 Å². The van der Waals surface area contributed by atoms with Gasteiger partial charge in [-0.2, -0.15) is 0 Å². The largest absolute Gasteiger partial charge is 0.360 e. The Hall–Kier alpha value is -3.06. The lowest BCUT2D eigenvalue weighted by Gasteiger charge is -2.13. The number of fused-ring (bicyclic) bond motifs is 1. The van der Waals surface area contributed by atoms with Gasteiger partial charge >= 0.3 is 0 Å². The number of aromatic nitrogens is 1. The molecule has 0 bridgehead atoms. The number of benzene rings is 2. The monoisotopic (exact) mass is 379 g/mol. The van der Waals surface area contributed by atoms with Gasteiger partial charge in [0.15, 0.2) is 5.69 Å². The first kappa shape index (κ1) is 17.4. The van der Waals surface area contributed by atoms with E-state index in [1.165, 1.54) is 11.8 Å². The molecule has 0 aliphatic carbocycles. The van der Waals surface area contributed by atoms with E-state index in [9.17, 15) is 9.59 Å². The van der Waals surface area contributed by atoms with E-state index in [4.69, 9.17) is 4.52 Å². The minimum absolute atomic E-state index is 0.167. The third-order valence-electron chi connectivity index (χ3n) is 4.19. The summed E-state index contributed by atoms with van der Waals surface area (Å²) >= 11 is 1.52. The highest BCUT2D eigenvalue weighted by Crippen LogP contribution is 2.30. The Labute approximate surface area is 160 Å². The Morgan fingerprint density at radius 3 is 2.81 bits per heavy atom. The predicted molar refractivity (Wildman–Crippen MR) is 103 cm³/mol. The number of carbonyl (C=O) groups is 2. The molecule has 6 nitrogen and oxygen atoms in total. The van der Waals surface area contributed by atoms with Crippen LogP contribution in [-0.4, -0.2) is 28.8 Å². The fraction of sp³-hybridized carbons (Fsp3) is 0.150. The standard InChI is InChI=1S/C20H17N3O3S/c24-19(16-11-14(26-23-16)10-13-6-2-1-3-7-13)22-17-12-27-18-9-5-4-8-15(18)21-20(17)25/h1-9,11,17H,10,12H2,(H,21,25)(H,22,24). The smallest absolute Gasteiger partial charge is 0.274 e. The predicted octanol–water partition coefficient (Wildman–Crippen LogP) is 3.11. The van der Waals surface area contributed by atoms with Gasteiger partial charge in [0, 0.05) is 23.1 Å². The molecule has 1 unspecified atom stereocenters. The van der Waals surface area contributed by atoms with Crippen LogP contribution in [0.15, 0.2) is 70.1 Å². The van der Waals surface area contributed by atoms with Gasteiger partial charge < -0.3 is 15.2 Å². The molecule has 3 aromatic rings. The normalized spacial score (nSPS) is 16.1. The van der Waals surface area contributed by atoms with Gasteiger partial charge in [0.1, 0.15) is 11.8 Å². The second-order valence-corrected chi connectivity index (χ2v) is 7.23. The van der Waals surface area contributed by atoms with Gasteiger partial charge in [-0.3, -0.25) is 9.59 Å². The molecular formula is C20H17N3O3S. The number of hydrogen-bond donors (Lipinski definition) is 2. The van der Waals surface area contributed by atoms with Crippen molar-refractivity contribution >= 4 is 29.3 Å². The van der Waals surface area contributed by atoms with Crippen molar-refractivity contribution in [2.24, 2.45) is 0 Å². The van der Waals surface area contributed by atoms with Gasteiger partial charge in [0.2, 0.25) is 5.91 Å². The molecule has 7 heteroatoms. The fourth-order valence-corrected chi connectivity index (χ4v) is 3.83. The zero-order valence-corrected chi connectivity index (χ0v) is 15.2. The van der Waals surface area contributed by atoms with E-state index in [0.29, 0.717) is 17.9 Å². The molecule has 1 aromatic heterocycles. The van der Waals surface area contributed by atoms with Crippen LogP contribution in [-0.2, 0) is 11.2 Å². The lowest BCUT2D eigenvalue weighted by Crippen LogP contribution is -2.44. The summed E-state index contributed by atoms with van der Waals surface area (Å²) in [5.41, 5.74) is 1.99. The van der Waals surface area contributed by atoms with E-state index >= 15 is 0 Å². The van der Waals surface area contributed by atoms with E-state index < -0.39 is 11.9 Å². The lowest BCUT2D eigenvalue weighted by molar-refractivity contribution is -0.117. The first-order valence-corrected chi connectivity index (χ1v) is 9.51. The number of nitrogens with zero attached hydrogens (tertiary/aromatic N) is 1. The van der Waals surface area contributed by atoms with Gasteiger partial charge in [-0.1, -0.05) is 47.6 Å². The quantitative estimate of drug-likeness (QED) is 0.728. The molecule has 2 N–H and O–H groups in total. The Morgan fingerprint density at radius 1 is 1.19 bits per heavy atom.